The van der Waals surface area contributed by atoms with E-state index >= 15 is 0 Å². The van der Waals surface area contributed by atoms with E-state index in [4.69, 9.17) is 0 Å². The van der Waals surface area contributed by atoms with E-state index < -0.39 is 0 Å². The molecule has 0 bridgehead atoms. The van der Waals surface area contributed by atoms with E-state index in [0.29, 0.717) is 0 Å². The first-order valence-electron chi connectivity index (χ1n) is 12.1. The number of benzene rings is 1. The van der Waals surface area contributed by atoms with Crippen LogP contribution in [0.3, 0.4) is 0 Å². The van der Waals surface area contributed by atoms with Crippen LogP contribution >= 0.6 is 0 Å². The Kier molecular flexibility index (Phi) is 7.06. The Morgan fingerprint density at radius 3 is 2.13 bits per heavy atom. The van der Waals surface area contributed by atoms with Crippen LogP contribution in [0.5, 0.6) is 0 Å². The Morgan fingerprint density at radius 2 is 1.58 bits per heavy atom. The molecule has 2 nitrogen and oxygen atoms in total. The maximum atomic E-state index is 4.05. The zero-order valence-corrected chi connectivity index (χ0v) is 20.8. The molecule has 0 N–H and O–H groups in total. The van der Waals surface area contributed by atoms with Crippen LogP contribution in [0.1, 0.15) is 56.2 Å². The van der Waals surface area contributed by atoms with Crippen molar-refractivity contribution in [3.8, 4) is 0 Å². The molecule has 2 aliphatic rings. The van der Waals surface area contributed by atoms with Gasteiger partial charge in [-0.05, 0) is 56.7 Å². The van der Waals surface area contributed by atoms with Gasteiger partial charge in [0.2, 0.25) is 0 Å². The average molecular weight is 420 g/mol. The monoisotopic (exact) mass is 419 g/mol. The third-order valence-electron chi connectivity index (χ3n) is 7.91. The summed E-state index contributed by atoms with van der Waals surface area (Å²) in [7, 11) is 9.42. The van der Waals surface area contributed by atoms with Crippen molar-refractivity contribution in [1.29, 1.82) is 0 Å². The molecule has 0 saturated heterocycles. The lowest BCUT2D eigenvalue weighted by atomic mass is 9.69. The van der Waals surface area contributed by atoms with Gasteiger partial charge < -0.3 is 8.97 Å². The summed E-state index contributed by atoms with van der Waals surface area (Å²) >= 11 is 0. The summed E-state index contributed by atoms with van der Waals surface area (Å²) < 4.78 is 2.17. The van der Waals surface area contributed by atoms with Crippen LogP contribution in [0.15, 0.2) is 48.6 Å². The van der Waals surface area contributed by atoms with Crippen LogP contribution in [-0.2, 0) is 5.41 Å². The van der Waals surface area contributed by atoms with E-state index in [1.807, 2.05) is 6.08 Å². The minimum atomic E-state index is 0.0862. The second kappa shape index (κ2) is 9.25. The second-order valence-electron chi connectivity index (χ2n) is 10.7. The van der Waals surface area contributed by atoms with Gasteiger partial charge in [-0.2, -0.15) is 0 Å². The maximum Gasteiger partial charge on any atom is 0.107 e. The molecule has 1 aromatic carbocycles. The molecule has 0 aliphatic heterocycles. The fraction of sp³-hybridized carbons (Fsp3) is 0.517. The predicted octanol–water partition coefficient (Wildman–Crippen LogP) is 6.02. The lowest BCUT2D eigenvalue weighted by Gasteiger charge is -2.35. The summed E-state index contributed by atoms with van der Waals surface area (Å²) in [5, 5.41) is 0. The van der Waals surface area contributed by atoms with Crippen molar-refractivity contribution in [2.75, 3.05) is 54.4 Å². The van der Waals surface area contributed by atoms with Gasteiger partial charge in [0.15, 0.2) is 0 Å². The number of allylic oxidation sites excluding steroid dienone is 6. The van der Waals surface area contributed by atoms with Crippen molar-refractivity contribution >= 4 is 11.6 Å². The van der Waals surface area contributed by atoms with E-state index in [1.165, 1.54) is 79.7 Å². The average Bonchev–Trinajstić information content (AvgIpc) is 3.03. The number of fused-ring (bicyclic) bond motifs is 2. The van der Waals surface area contributed by atoms with Crippen molar-refractivity contribution in [3.05, 3.63) is 71.3 Å². The van der Waals surface area contributed by atoms with Crippen LogP contribution in [0.25, 0.3) is 11.6 Å². The highest BCUT2D eigenvalue weighted by Crippen LogP contribution is 2.54. The first kappa shape index (κ1) is 23.7. The van der Waals surface area contributed by atoms with Gasteiger partial charge in [0.1, 0.15) is 12.2 Å². The highest BCUT2D eigenvalue weighted by Gasteiger charge is 2.48. The normalized spacial score (nSPS) is 16.8. The van der Waals surface area contributed by atoms with E-state index in [9.17, 15) is 0 Å². The molecule has 0 fully saturated rings. The van der Waals surface area contributed by atoms with Gasteiger partial charge in [-0.1, -0.05) is 24.8 Å². The number of quaternary nitrogens is 2. The third-order valence-corrected chi connectivity index (χ3v) is 7.91. The topological polar surface area (TPSA) is 0 Å². The Hall–Kier alpha value is -1.99. The second-order valence-corrected chi connectivity index (χ2v) is 10.7. The van der Waals surface area contributed by atoms with E-state index in [1.54, 1.807) is 0 Å². The summed E-state index contributed by atoms with van der Waals surface area (Å²) in [4.78, 5) is 0. The minimum absolute atomic E-state index is 0.0862. The van der Waals surface area contributed by atoms with Crippen LogP contribution in [0.4, 0.5) is 0 Å². The van der Waals surface area contributed by atoms with Gasteiger partial charge in [0.05, 0.1) is 77.0 Å². The Bertz CT molecular complexity index is 873. The van der Waals surface area contributed by atoms with Crippen LogP contribution < -0.4 is 0 Å². The van der Waals surface area contributed by atoms with Crippen molar-refractivity contribution in [3.63, 3.8) is 0 Å². The van der Waals surface area contributed by atoms with E-state index in [2.05, 4.69) is 91.1 Å². The number of nitrogens with zero attached hydrogens (tertiary/aromatic N) is 2. The van der Waals surface area contributed by atoms with E-state index in [0.717, 1.165) is 8.97 Å². The molecule has 0 radical (unpaired) electrons. The molecule has 0 spiro atoms. The Morgan fingerprint density at radius 1 is 0.968 bits per heavy atom. The fourth-order valence-corrected chi connectivity index (χ4v) is 5.12. The first-order chi connectivity index (χ1) is 14.7. The molecule has 0 amide bonds. The Balaban J connectivity index is 2.01. The molecule has 1 aromatic rings. The highest BCUT2D eigenvalue weighted by molar-refractivity contribution is 5.89. The number of rotatable bonds is 11. The molecule has 2 heteroatoms. The van der Waals surface area contributed by atoms with Gasteiger partial charge in [-0.15, -0.1) is 0 Å². The molecule has 0 unspecified atom stereocenters. The molecule has 0 aromatic heterocycles. The summed E-state index contributed by atoms with van der Waals surface area (Å²) in [5.41, 5.74) is 7.16. The quantitative estimate of drug-likeness (QED) is 0.304. The van der Waals surface area contributed by atoms with Crippen molar-refractivity contribution in [1.82, 2.24) is 0 Å². The van der Waals surface area contributed by atoms with Crippen LogP contribution in [0.2, 0.25) is 0 Å². The third kappa shape index (κ3) is 4.93. The fourth-order valence-electron chi connectivity index (χ4n) is 5.12. The first-order valence-corrected chi connectivity index (χ1v) is 12.1. The number of hydrogen-bond acceptors (Lipinski definition) is 0. The molecule has 166 valence electrons. The molecule has 3 rings (SSSR count). The maximum absolute atomic E-state index is 4.05. The van der Waals surface area contributed by atoms with E-state index in [-0.39, 0.29) is 5.41 Å². The predicted molar refractivity (Wildman–Crippen MR) is 136 cm³/mol. The standard InChI is InChI=1S/C29H43N2/c1-8-24-17-18-26-25-15-11-12-16-27(25)29(28(26)23-24,19-13-21-30(4,5)9-2)20-14-22-31(6,7)10-3/h8,11,15-18,23H,1,9-10,13-14,19-22H2,2-7H3/q+3. The smallest absolute Gasteiger partial charge is 0.107 e. The lowest BCUT2D eigenvalue weighted by Crippen LogP contribution is -2.42. The van der Waals surface area contributed by atoms with Gasteiger partial charge in [-0.25, -0.2) is 0 Å². The minimum Gasteiger partial charge on any atom is -0.329 e. The molecule has 2 aliphatic carbocycles. The molecule has 0 saturated carbocycles. The van der Waals surface area contributed by atoms with Gasteiger partial charge in [-0.3, -0.25) is 0 Å². The van der Waals surface area contributed by atoms with Gasteiger partial charge >= 0.3 is 0 Å². The highest BCUT2D eigenvalue weighted by atomic mass is 15.3. The summed E-state index contributed by atoms with van der Waals surface area (Å²) in [5.74, 6) is 0. The zero-order valence-electron chi connectivity index (χ0n) is 20.8. The molecular formula is C29H43N2+3. The van der Waals surface area contributed by atoms with Crippen molar-refractivity contribution < 1.29 is 8.97 Å². The van der Waals surface area contributed by atoms with Gasteiger partial charge in [0.25, 0.3) is 0 Å². The summed E-state index contributed by atoms with van der Waals surface area (Å²) in [6.45, 7) is 13.4. The SMILES string of the molecule is C=Cc1ccc2c(c1)C(CCC[N+](C)(C)CC)(CCC[N+](C)(C)CC)C1=C2C=C[C+]=C1. The molecular weight excluding hydrogens is 376 g/mol. The lowest BCUT2D eigenvalue weighted by molar-refractivity contribution is -0.889. The molecule has 0 atom stereocenters. The summed E-state index contributed by atoms with van der Waals surface area (Å²) in [6.07, 6.45) is 16.9. The van der Waals surface area contributed by atoms with Gasteiger partial charge in [0, 0.05) is 11.6 Å². The van der Waals surface area contributed by atoms with Crippen molar-refractivity contribution in [2.45, 2.75) is 44.9 Å². The Labute approximate surface area is 191 Å². The largest absolute Gasteiger partial charge is 0.329 e. The van der Waals surface area contributed by atoms with Crippen molar-refractivity contribution in [2.24, 2.45) is 0 Å². The zero-order chi connectivity index (χ0) is 22.7. The van der Waals surface area contributed by atoms with Crippen LogP contribution in [-0.4, -0.2) is 63.3 Å². The molecule has 31 heavy (non-hydrogen) atoms. The molecule has 0 heterocycles. The summed E-state index contributed by atoms with van der Waals surface area (Å²) in [6, 6.07) is 6.96. The van der Waals surface area contributed by atoms with Crippen LogP contribution in [0, 0.1) is 6.08 Å². The number of hydrogen-bond donors (Lipinski definition) is 0.